The molecule has 1 aliphatic heterocycles. The number of amides is 1. The molecule has 0 spiro atoms. The van der Waals surface area contributed by atoms with Crippen molar-refractivity contribution in [3.05, 3.63) is 93.7 Å². The van der Waals surface area contributed by atoms with Crippen molar-refractivity contribution >= 4 is 28.4 Å². The van der Waals surface area contributed by atoms with Crippen LogP contribution < -0.4 is 21.2 Å². The molecule has 0 radical (unpaired) electrons. The molecule has 1 amide bonds. The fourth-order valence-corrected chi connectivity index (χ4v) is 5.31. The zero-order valence-electron chi connectivity index (χ0n) is 23.3. The van der Waals surface area contributed by atoms with E-state index in [1.54, 1.807) is 37.5 Å². The summed E-state index contributed by atoms with van der Waals surface area (Å²) in [7, 11) is 1.45. The number of para-hydroxylation sites is 1. The quantitative estimate of drug-likeness (QED) is 0.256. The van der Waals surface area contributed by atoms with Crippen molar-refractivity contribution in [1.29, 1.82) is 0 Å². The van der Waals surface area contributed by atoms with E-state index in [1.807, 2.05) is 12.1 Å². The van der Waals surface area contributed by atoms with Crippen molar-refractivity contribution in [2.75, 3.05) is 29.4 Å². The molecule has 0 saturated carbocycles. The van der Waals surface area contributed by atoms with Gasteiger partial charge in [0.15, 0.2) is 11.6 Å². The van der Waals surface area contributed by atoms with E-state index in [0.29, 0.717) is 11.2 Å². The smallest absolute Gasteiger partial charge is 0.414 e. The molecule has 1 aliphatic rings. The second-order valence-electron chi connectivity index (χ2n) is 9.98. The molecule has 2 aromatic carbocycles. The molecule has 0 N–H and O–H groups in total. The molecule has 3 aromatic heterocycles. The minimum atomic E-state index is -0.884. The van der Waals surface area contributed by atoms with E-state index in [9.17, 15) is 14.4 Å². The minimum Gasteiger partial charge on any atom is -0.442 e. The summed E-state index contributed by atoms with van der Waals surface area (Å²) in [6.45, 7) is 2.22. The molecule has 5 aromatic rings. The molecule has 222 valence electrons. The van der Waals surface area contributed by atoms with Crippen molar-refractivity contribution in [2.45, 2.75) is 26.1 Å². The van der Waals surface area contributed by atoms with E-state index in [4.69, 9.17) is 4.74 Å². The van der Waals surface area contributed by atoms with Gasteiger partial charge in [-0.2, -0.15) is 0 Å². The number of rotatable bonds is 9. The zero-order valence-corrected chi connectivity index (χ0v) is 23.3. The number of pyridine rings is 1. The van der Waals surface area contributed by atoms with Crippen LogP contribution >= 0.6 is 0 Å². The highest BCUT2D eigenvalue weighted by Crippen LogP contribution is 2.31. The summed E-state index contributed by atoms with van der Waals surface area (Å²) in [6, 6.07) is 10.9. The van der Waals surface area contributed by atoms with Crippen LogP contribution in [0.5, 0.6) is 0 Å². The number of benzene rings is 2. The first kappa shape index (κ1) is 27.8. The van der Waals surface area contributed by atoms with Gasteiger partial charge in [0.2, 0.25) is 0 Å². The molecule has 15 heteroatoms. The first-order chi connectivity index (χ1) is 20.8. The monoisotopic (exact) mass is 591 g/mol. The standard InChI is InChI=1S/C28H27F2N9O4/c1-3-35(12-13-38-27(41)39(26(40)34(38)2)23-8-4-6-18-7-5-9-31-24(18)23)25-21(29)14-19(15-22(25)30)37-17-20(43-28(37)42)16-36-11-10-32-33-36/h4-11,14-15,20H,3,12-13,16-17H2,1-2H3/t20-/m0/s1. The van der Waals surface area contributed by atoms with E-state index < -0.39 is 35.2 Å². The number of nitrogens with zero attached hydrogens (tertiary/aromatic N) is 9. The molecule has 0 aliphatic carbocycles. The van der Waals surface area contributed by atoms with Gasteiger partial charge < -0.3 is 9.64 Å². The fourth-order valence-electron chi connectivity index (χ4n) is 5.31. The van der Waals surface area contributed by atoms with Crippen LogP contribution in [0.3, 0.4) is 0 Å². The van der Waals surface area contributed by atoms with Gasteiger partial charge in [-0.3, -0.25) is 9.88 Å². The van der Waals surface area contributed by atoms with Gasteiger partial charge in [0.05, 0.1) is 42.7 Å². The van der Waals surface area contributed by atoms with E-state index in [-0.39, 0.29) is 44.1 Å². The second-order valence-corrected chi connectivity index (χ2v) is 9.98. The Balaban J connectivity index is 1.23. The van der Waals surface area contributed by atoms with E-state index >= 15 is 8.78 Å². The summed E-state index contributed by atoms with van der Waals surface area (Å²) in [4.78, 5) is 46.0. The number of aromatic nitrogens is 7. The summed E-state index contributed by atoms with van der Waals surface area (Å²) in [5, 5.41) is 8.31. The lowest BCUT2D eigenvalue weighted by molar-refractivity contribution is 0.129. The Labute approximate surface area is 242 Å². The third-order valence-corrected chi connectivity index (χ3v) is 7.42. The Morgan fingerprint density at radius 3 is 2.53 bits per heavy atom. The van der Waals surface area contributed by atoms with Crippen molar-refractivity contribution in [3.8, 4) is 5.69 Å². The normalized spacial score (nSPS) is 14.9. The van der Waals surface area contributed by atoms with Crippen LogP contribution in [0.4, 0.5) is 25.0 Å². The Bertz CT molecular complexity index is 1900. The Morgan fingerprint density at radius 2 is 1.81 bits per heavy atom. The second kappa shape index (κ2) is 11.2. The number of likely N-dealkylation sites (N-methyl/N-ethyl adjacent to an activating group) is 1. The lowest BCUT2D eigenvalue weighted by Gasteiger charge is -2.25. The van der Waals surface area contributed by atoms with E-state index in [2.05, 4.69) is 15.3 Å². The summed E-state index contributed by atoms with van der Waals surface area (Å²) in [5.41, 5.74) is -0.646. The molecule has 1 atom stereocenters. The number of anilines is 2. The van der Waals surface area contributed by atoms with Crippen LogP contribution in [0.2, 0.25) is 0 Å². The third-order valence-electron chi connectivity index (χ3n) is 7.42. The average molecular weight is 592 g/mol. The SMILES string of the molecule is CCN(CCn1c(=O)n(-c2cccc3cccnc23)c(=O)n1C)c1c(F)cc(N2C[C@H](Cn3ccnn3)OC2=O)cc1F. The zero-order chi connectivity index (χ0) is 30.2. The highest BCUT2D eigenvalue weighted by Gasteiger charge is 2.34. The molecule has 0 bridgehead atoms. The first-order valence-corrected chi connectivity index (χ1v) is 13.6. The number of cyclic esters (lactones) is 1. The van der Waals surface area contributed by atoms with Crippen LogP contribution in [-0.4, -0.2) is 65.7 Å². The van der Waals surface area contributed by atoms with Crippen molar-refractivity contribution in [3.63, 3.8) is 0 Å². The predicted molar refractivity (Wildman–Crippen MR) is 152 cm³/mol. The fraction of sp³-hybridized carbons (Fsp3) is 0.286. The van der Waals surface area contributed by atoms with E-state index in [0.717, 1.165) is 27.0 Å². The van der Waals surface area contributed by atoms with Crippen LogP contribution in [0.25, 0.3) is 16.6 Å². The third kappa shape index (κ3) is 5.02. The van der Waals surface area contributed by atoms with Crippen LogP contribution in [0.15, 0.2) is 70.6 Å². The van der Waals surface area contributed by atoms with Crippen molar-refractivity contribution < 1.29 is 18.3 Å². The highest BCUT2D eigenvalue weighted by atomic mass is 19.1. The van der Waals surface area contributed by atoms with Gasteiger partial charge in [-0.1, -0.05) is 23.4 Å². The topological polar surface area (TPSA) is 125 Å². The molecular formula is C28H27F2N9O4. The highest BCUT2D eigenvalue weighted by molar-refractivity contribution is 5.90. The average Bonchev–Trinajstić information content (AvgIpc) is 3.69. The number of carbonyl (C=O) groups excluding carboxylic acids is 1. The van der Waals surface area contributed by atoms with Gasteiger partial charge in [-0.25, -0.2) is 41.8 Å². The Kier molecular flexibility index (Phi) is 7.21. The maximum atomic E-state index is 15.4. The number of fused-ring (bicyclic) bond motifs is 1. The Hall–Kier alpha value is -5.34. The summed E-state index contributed by atoms with van der Waals surface area (Å²) in [5.74, 6) is -1.77. The number of hydrogen-bond acceptors (Lipinski definition) is 8. The van der Waals surface area contributed by atoms with Crippen LogP contribution in [-0.2, 0) is 24.9 Å². The Morgan fingerprint density at radius 1 is 1.05 bits per heavy atom. The number of halogens is 2. The summed E-state index contributed by atoms with van der Waals surface area (Å²) >= 11 is 0. The predicted octanol–water partition coefficient (Wildman–Crippen LogP) is 2.31. The summed E-state index contributed by atoms with van der Waals surface area (Å²) < 4.78 is 41.1. The molecular weight excluding hydrogens is 564 g/mol. The maximum Gasteiger partial charge on any atom is 0.414 e. The molecule has 43 heavy (non-hydrogen) atoms. The molecule has 4 heterocycles. The van der Waals surface area contributed by atoms with Crippen LogP contribution in [0, 0.1) is 11.6 Å². The molecule has 6 rings (SSSR count). The van der Waals surface area contributed by atoms with Gasteiger partial charge in [0.1, 0.15) is 11.8 Å². The van der Waals surface area contributed by atoms with Crippen molar-refractivity contribution in [2.24, 2.45) is 7.05 Å². The first-order valence-electron chi connectivity index (χ1n) is 13.6. The van der Waals surface area contributed by atoms with Gasteiger partial charge >= 0.3 is 17.5 Å². The molecule has 0 unspecified atom stereocenters. The van der Waals surface area contributed by atoms with Gasteiger partial charge in [-0.05, 0) is 19.1 Å². The maximum absolute atomic E-state index is 15.4. The number of carbonyl (C=O) groups is 1. The van der Waals surface area contributed by atoms with Gasteiger partial charge in [0.25, 0.3) is 0 Å². The number of ether oxygens (including phenoxy) is 1. The largest absolute Gasteiger partial charge is 0.442 e. The van der Waals surface area contributed by atoms with Gasteiger partial charge in [-0.15, -0.1) is 5.10 Å². The van der Waals surface area contributed by atoms with Crippen molar-refractivity contribution in [1.82, 2.24) is 33.9 Å². The molecule has 1 saturated heterocycles. The molecule has 13 nitrogen and oxygen atoms in total. The minimum absolute atomic E-state index is 0.0142. The number of hydrogen-bond donors (Lipinski definition) is 0. The lowest BCUT2D eigenvalue weighted by atomic mass is 10.2. The van der Waals surface area contributed by atoms with Crippen LogP contribution in [0.1, 0.15) is 6.92 Å². The van der Waals surface area contributed by atoms with E-state index in [1.165, 1.54) is 32.2 Å². The summed E-state index contributed by atoms with van der Waals surface area (Å²) in [6.07, 6.45) is 3.39. The lowest BCUT2D eigenvalue weighted by Crippen LogP contribution is -2.34. The van der Waals surface area contributed by atoms with Gasteiger partial charge in [0, 0.05) is 50.0 Å². The molecule has 1 fully saturated rings.